The smallest absolute Gasteiger partial charge is 0.220 e. The van der Waals surface area contributed by atoms with Crippen molar-refractivity contribution in [2.75, 3.05) is 51.6 Å². The number of hydrogen-bond acceptors (Lipinski definition) is 5. The Kier molecular flexibility index (Phi) is 8.12. The molecule has 0 spiro atoms. The van der Waals surface area contributed by atoms with Crippen LogP contribution in [0.3, 0.4) is 0 Å². The van der Waals surface area contributed by atoms with Gasteiger partial charge in [-0.2, -0.15) is 0 Å². The molecule has 0 aromatic heterocycles. The highest BCUT2D eigenvalue weighted by molar-refractivity contribution is 7.92. The van der Waals surface area contributed by atoms with Crippen LogP contribution in [0.1, 0.15) is 46.5 Å². The monoisotopic (exact) mass is 415 g/mol. The lowest BCUT2D eigenvalue weighted by Crippen LogP contribution is -2.57. The number of primary amides is 1. The van der Waals surface area contributed by atoms with Crippen molar-refractivity contribution in [1.29, 1.82) is 0 Å². The van der Waals surface area contributed by atoms with Crippen LogP contribution < -0.4 is 11.1 Å². The number of unbranched alkanes of at least 4 members (excludes halogenated alkanes) is 1. The molecule has 2 aliphatic rings. The number of rotatable bonds is 7. The second kappa shape index (κ2) is 9.91. The Morgan fingerprint density at radius 3 is 2.46 bits per heavy atom. The van der Waals surface area contributed by atoms with E-state index in [1.54, 1.807) is 13.8 Å². The quantitative estimate of drug-likeness (QED) is 0.355. The number of aliphatic imine (C=N–C) groups is 1. The molecule has 2 aliphatic heterocycles. The van der Waals surface area contributed by atoms with Gasteiger partial charge in [-0.15, -0.1) is 0 Å². The Morgan fingerprint density at radius 1 is 1.21 bits per heavy atom. The summed E-state index contributed by atoms with van der Waals surface area (Å²) >= 11 is 0. The van der Waals surface area contributed by atoms with Crippen LogP contribution in [0, 0.1) is 5.92 Å². The zero-order valence-electron chi connectivity index (χ0n) is 17.6. The van der Waals surface area contributed by atoms with E-state index in [0.29, 0.717) is 13.1 Å². The molecule has 3 N–H and O–H groups in total. The van der Waals surface area contributed by atoms with Gasteiger partial charge < -0.3 is 20.9 Å². The second-order valence-corrected chi connectivity index (χ2v) is 11.2. The molecule has 1 amide bonds. The summed E-state index contributed by atoms with van der Waals surface area (Å²) in [6.07, 6.45) is 3.78. The minimum atomic E-state index is -3.05. The molecule has 0 aromatic rings. The fourth-order valence-corrected chi connectivity index (χ4v) is 5.19. The average Bonchev–Trinajstić information content (AvgIpc) is 2.63. The van der Waals surface area contributed by atoms with Gasteiger partial charge in [-0.25, -0.2) is 8.42 Å². The van der Waals surface area contributed by atoms with Gasteiger partial charge in [0.2, 0.25) is 5.91 Å². The second-order valence-electron chi connectivity index (χ2n) is 8.46. The highest BCUT2D eigenvalue weighted by atomic mass is 32.2. The lowest BCUT2D eigenvalue weighted by atomic mass is 9.96. The number of amides is 1. The van der Waals surface area contributed by atoms with E-state index in [1.165, 1.54) is 0 Å². The first-order valence-electron chi connectivity index (χ1n) is 10.4. The lowest BCUT2D eigenvalue weighted by molar-refractivity contribution is -0.123. The first-order valence-corrected chi connectivity index (χ1v) is 12.1. The zero-order valence-corrected chi connectivity index (χ0v) is 18.4. The maximum Gasteiger partial charge on any atom is 0.220 e. The Labute approximate surface area is 169 Å². The summed E-state index contributed by atoms with van der Waals surface area (Å²) in [5.41, 5.74) is 5.38. The van der Waals surface area contributed by atoms with E-state index < -0.39 is 14.6 Å². The number of guanidine groups is 1. The van der Waals surface area contributed by atoms with Gasteiger partial charge in [0.15, 0.2) is 15.8 Å². The van der Waals surface area contributed by atoms with Crippen molar-refractivity contribution in [3.63, 3.8) is 0 Å². The van der Waals surface area contributed by atoms with Gasteiger partial charge in [0.05, 0.1) is 10.5 Å². The molecule has 2 saturated heterocycles. The van der Waals surface area contributed by atoms with Crippen molar-refractivity contribution in [1.82, 2.24) is 15.1 Å². The number of likely N-dealkylation sites (tertiary alicyclic amines) is 1. The minimum Gasteiger partial charge on any atom is -0.369 e. The van der Waals surface area contributed by atoms with E-state index in [2.05, 4.69) is 15.1 Å². The van der Waals surface area contributed by atoms with E-state index in [1.807, 2.05) is 6.92 Å². The summed E-state index contributed by atoms with van der Waals surface area (Å²) in [6.45, 7) is 11.0. The minimum absolute atomic E-state index is 0.0427. The third-order valence-corrected chi connectivity index (χ3v) is 8.34. The number of carbonyl (C=O) groups is 1. The standard InChI is InChI=1S/C19H37N5O3S/c1-4-21-18(24-13-14-28(26,27)19(2,3)15-24)22-9-5-6-10-23-11-7-16(8-12-23)17(20)25/h16H,4-15H2,1-3H3,(H2,20,25)(H,21,22). The average molecular weight is 416 g/mol. The fourth-order valence-electron chi connectivity index (χ4n) is 3.82. The Hall–Kier alpha value is -1.35. The first-order chi connectivity index (χ1) is 13.2. The molecular weight excluding hydrogens is 378 g/mol. The summed E-state index contributed by atoms with van der Waals surface area (Å²) in [5, 5.41) is 3.30. The number of piperidine rings is 1. The molecule has 0 aromatic carbocycles. The normalized spacial score (nSPS) is 23.5. The van der Waals surface area contributed by atoms with Gasteiger partial charge in [0.1, 0.15) is 0 Å². The van der Waals surface area contributed by atoms with Crippen LogP contribution in [0.4, 0.5) is 0 Å². The number of nitrogens with one attached hydrogen (secondary N) is 1. The Bertz CT molecular complexity index is 654. The predicted octanol–water partition coefficient (Wildman–Crippen LogP) is 0.438. The van der Waals surface area contributed by atoms with E-state index in [4.69, 9.17) is 10.7 Å². The maximum absolute atomic E-state index is 12.2. The SMILES string of the molecule is CCNC(=NCCCCN1CCC(C(N)=O)CC1)N1CCS(=O)(=O)C(C)(C)C1. The van der Waals surface area contributed by atoms with Gasteiger partial charge in [-0.3, -0.25) is 9.79 Å². The van der Waals surface area contributed by atoms with Crippen molar-refractivity contribution in [3.05, 3.63) is 0 Å². The van der Waals surface area contributed by atoms with Crippen molar-refractivity contribution >= 4 is 21.7 Å². The molecule has 9 heteroatoms. The van der Waals surface area contributed by atoms with Gasteiger partial charge in [0.25, 0.3) is 0 Å². The summed E-state index contributed by atoms with van der Waals surface area (Å²) in [4.78, 5) is 20.4. The molecule has 162 valence electrons. The highest BCUT2D eigenvalue weighted by Gasteiger charge is 2.40. The number of hydrogen-bond donors (Lipinski definition) is 2. The molecule has 0 atom stereocenters. The number of sulfone groups is 1. The molecule has 28 heavy (non-hydrogen) atoms. The van der Waals surface area contributed by atoms with Crippen LogP contribution in [0.2, 0.25) is 0 Å². The summed E-state index contributed by atoms with van der Waals surface area (Å²) in [6, 6.07) is 0. The molecule has 0 aliphatic carbocycles. The fraction of sp³-hybridized carbons (Fsp3) is 0.895. The maximum atomic E-state index is 12.2. The van der Waals surface area contributed by atoms with Crippen molar-refractivity contribution in [2.24, 2.45) is 16.6 Å². The number of nitrogens with zero attached hydrogens (tertiary/aromatic N) is 3. The molecule has 8 nitrogen and oxygen atoms in total. The van der Waals surface area contributed by atoms with Crippen LogP contribution in [-0.2, 0) is 14.6 Å². The van der Waals surface area contributed by atoms with Crippen molar-refractivity contribution in [3.8, 4) is 0 Å². The van der Waals surface area contributed by atoms with E-state index in [0.717, 1.165) is 64.4 Å². The molecule has 2 fully saturated rings. The van der Waals surface area contributed by atoms with Crippen LogP contribution in [-0.4, -0.2) is 86.4 Å². The third-order valence-electron chi connectivity index (χ3n) is 5.81. The molecule has 0 bridgehead atoms. The molecule has 2 rings (SSSR count). The molecule has 0 radical (unpaired) electrons. The number of nitrogens with two attached hydrogens (primary N) is 1. The largest absolute Gasteiger partial charge is 0.369 e. The Morgan fingerprint density at radius 2 is 1.89 bits per heavy atom. The van der Waals surface area contributed by atoms with E-state index >= 15 is 0 Å². The van der Waals surface area contributed by atoms with Gasteiger partial charge in [-0.1, -0.05) is 0 Å². The number of carbonyl (C=O) groups excluding carboxylic acids is 1. The highest BCUT2D eigenvalue weighted by Crippen LogP contribution is 2.23. The summed E-state index contributed by atoms with van der Waals surface area (Å²) in [7, 11) is -3.05. The summed E-state index contributed by atoms with van der Waals surface area (Å²) < 4.78 is 23.7. The first kappa shape index (κ1) is 22.9. The molecular formula is C19H37N5O3S. The Balaban J connectivity index is 1.77. The van der Waals surface area contributed by atoms with Crippen LogP contribution in [0.15, 0.2) is 4.99 Å². The predicted molar refractivity (Wildman–Crippen MR) is 113 cm³/mol. The van der Waals surface area contributed by atoms with Crippen LogP contribution >= 0.6 is 0 Å². The van der Waals surface area contributed by atoms with E-state index in [-0.39, 0.29) is 17.6 Å². The third kappa shape index (κ3) is 6.07. The van der Waals surface area contributed by atoms with Crippen LogP contribution in [0.5, 0.6) is 0 Å². The molecule has 0 unspecified atom stereocenters. The summed E-state index contributed by atoms with van der Waals surface area (Å²) in [5.74, 6) is 0.860. The lowest BCUT2D eigenvalue weighted by Gasteiger charge is -2.39. The molecule has 0 saturated carbocycles. The van der Waals surface area contributed by atoms with Crippen LogP contribution in [0.25, 0.3) is 0 Å². The van der Waals surface area contributed by atoms with Crippen molar-refractivity contribution in [2.45, 2.75) is 51.2 Å². The van der Waals surface area contributed by atoms with E-state index in [9.17, 15) is 13.2 Å². The van der Waals surface area contributed by atoms with Gasteiger partial charge >= 0.3 is 0 Å². The zero-order chi connectivity index (χ0) is 20.8. The topological polar surface area (TPSA) is 108 Å². The van der Waals surface area contributed by atoms with Gasteiger partial charge in [0, 0.05) is 32.1 Å². The van der Waals surface area contributed by atoms with Crippen molar-refractivity contribution < 1.29 is 13.2 Å². The van der Waals surface area contributed by atoms with Gasteiger partial charge in [-0.05, 0) is 66.1 Å². The molecule has 2 heterocycles.